The molecule has 0 heterocycles. The fourth-order valence-electron chi connectivity index (χ4n) is 6.78. The summed E-state index contributed by atoms with van der Waals surface area (Å²) in [5.41, 5.74) is 0. The number of hydrogen-bond acceptors (Lipinski definition) is 4. The molecule has 0 aliphatic carbocycles. The third-order valence-corrected chi connectivity index (χ3v) is 9.92. The molecule has 0 aromatic rings. The van der Waals surface area contributed by atoms with Crippen LogP contribution in [0.4, 0.5) is 0 Å². The maximum Gasteiger partial charge on any atom is 0.305 e. The van der Waals surface area contributed by atoms with Crippen LogP contribution in [0.15, 0.2) is 0 Å². The van der Waals surface area contributed by atoms with Gasteiger partial charge in [-0.15, -0.1) is 0 Å². The summed E-state index contributed by atoms with van der Waals surface area (Å²) in [4.78, 5) is 24.3. The van der Waals surface area contributed by atoms with Crippen LogP contribution in [0.25, 0.3) is 0 Å². The lowest BCUT2D eigenvalue weighted by molar-refractivity contribution is -0.146. The Balaban J connectivity index is 3.82. The molecular weight excluding hydrogens is 568 g/mol. The molecule has 0 amide bonds. The van der Waals surface area contributed by atoms with E-state index in [0.717, 1.165) is 50.4 Å². The molecule has 0 radical (unpaired) electrons. The van der Waals surface area contributed by atoms with Crippen LogP contribution in [0.1, 0.15) is 233 Å². The fourth-order valence-corrected chi connectivity index (χ4v) is 6.78. The Kier molecular flexibility index (Phi) is 35.9. The molecule has 274 valence electrons. The number of hydrogen-bond donors (Lipinski definition) is 0. The number of esters is 2. The van der Waals surface area contributed by atoms with E-state index in [4.69, 9.17) is 9.47 Å². The molecule has 4 nitrogen and oxygen atoms in total. The topological polar surface area (TPSA) is 52.6 Å². The molecule has 0 aliphatic rings. The highest BCUT2D eigenvalue weighted by atomic mass is 16.5. The molecule has 0 fully saturated rings. The number of ether oxygens (including phenoxy) is 2. The van der Waals surface area contributed by atoms with E-state index in [-0.39, 0.29) is 11.9 Å². The third-order valence-electron chi connectivity index (χ3n) is 9.92. The molecule has 46 heavy (non-hydrogen) atoms. The molecule has 0 atom stereocenters. The van der Waals surface area contributed by atoms with Crippen LogP contribution in [0.2, 0.25) is 0 Å². The van der Waals surface area contributed by atoms with Gasteiger partial charge >= 0.3 is 11.9 Å². The zero-order valence-corrected chi connectivity index (χ0v) is 31.8. The zero-order valence-electron chi connectivity index (χ0n) is 31.8. The molecule has 0 aromatic heterocycles. The van der Waals surface area contributed by atoms with E-state index < -0.39 is 0 Å². The average molecular weight is 651 g/mol. The van der Waals surface area contributed by atoms with Gasteiger partial charge in [0.15, 0.2) is 0 Å². The van der Waals surface area contributed by atoms with Gasteiger partial charge in [-0.25, -0.2) is 0 Å². The molecule has 0 unspecified atom stereocenters. The molecular formula is C42H82O4. The molecule has 0 bridgehead atoms. The first-order chi connectivity index (χ1) is 22.6. The molecule has 0 aromatic carbocycles. The van der Waals surface area contributed by atoms with Crippen molar-refractivity contribution in [2.75, 3.05) is 13.2 Å². The van der Waals surface area contributed by atoms with Crippen molar-refractivity contribution in [3.63, 3.8) is 0 Å². The average Bonchev–Trinajstić information content (AvgIpc) is 3.05. The molecule has 0 saturated carbocycles. The van der Waals surface area contributed by atoms with Gasteiger partial charge in [0.25, 0.3) is 0 Å². The van der Waals surface area contributed by atoms with Gasteiger partial charge in [-0.1, -0.05) is 195 Å². The first-order valence-electron chi connectivity index (χ1n) is 20.9. The van der Waals surface area contributed by atoms with Crippen molar-refractivity contribution in [2.45, 2.75) is 233 Å². The normalized spacial score (nSPS) is 11.5. The van der Waals surface area contributed by atoms with Crippen LogP contribution in [0.3, 0.4) is 0 Å². The summed E-state index contributed by atoms with van der Waals surface area (Å²) in [5.74, 6) is 1.61. The van der Waals surface area contributed by atoms with E-state index in [9.17, 15) is 9.59 Å². The van der Waals surface area contributed by atoms with Crippen LogP contribution in [0, 0.1) is 11.8 Å². The second kappa shape index (κ2) is 36.8. The summed E-state index contributed by atoms with van der Waals surface area (Å²) in [6.07, 6.45) is 39.2. The van der Waals surface area contributed by atoms with E-state index >= 15 is 0 Å². The molecule has 0 rings (SSSR count). The third kappa shape index (κ3) is 32.9. The monoisotopic (exact) mass is 651 g/mol. The predicted molar refractivity (Wildman–Crippen MR) is 199 cm³/mol. The summed E-state index contributed by atoms with van der Waals surface area (Å²) in [6, 6.07) is 0. The standard InChI is InChI=1S/C42H82O4/c1-5-9-13-19-29-39(30-20-14-10-6-2)33-23-17-25-35-41(43)45-37-27-28-38-46-42(44)36-26-18-24-34-40(31-21-15-11-7-3)32-22-16-12-8-4/h39-40H,5-38H2,1-4H3. The number of carbonyl (C=O) groups excluding carboxylic acids is 2. The summed E-state index contributed by atoms with van der Waals surface area (Å²) in [6.45, 7) is 10.0. The summed E-state index contributed by atoms with van der Waals surface area (Å²) in [7, 11) is 0. The SMILES string of the molecule is CCCCCCC(CCCCCC)CCCCCC(=O)OCCCCOC(=O)CCCCCC(CCCCCC)CCCCCC. The highest BCUT2D eigenvalue weighted by Gasteiger charge is 2.11. The van der Waals surface area contributed by atoms with Gasteiger partial charge in [-0.3, -0.25) is 9.59 Å². The van der Waals surface area contributed by atoms with Crippen LogP contribution < -0.4 is 0 Å². The smallest absolute Gasteiger partial charge is 0.305 e. The Labute approximate surface area is 288 Å². The van der Waals surface area contributed by atoms with Crippen LogP contribution in [0.5, 0.6) is 0 Å². The van der Waals surface area contributed by atoms with E-state index in [2.05, 4.69) is 27.7 Å². The lowest BCUT2D eigenvalue weighted by Crippen LogP contribution is -2.09. The van der Waals surface area contributed by atoms with Gasteiger partial charge in [0, 0.05) is 12.8 Å². The van der Waals surface area contributed by atoms with Gasteiger partial charge in [0.05, 0.1) is 13.2 Å². The van der Waals surface area contributed by atoms with Gasteiger partial charge in [-0.05, 0) is 37.5 Å². The summed E-state index contributed by atoms with van der Waals surface area (Å²) >= 11 is 0. The van der Waals surface area contributed by atoms with Crippen LogP contribution in [-0.4, -0.2) is 25.2 Å². The highest BCUT2D eigenvalue weighted by Crippen LogP contribution is 2.25. The van der Waals surface area contributed by atoms with Crippen molar-refractivity contribution in [1.29, 1.82) is 0 Å². The second-order valence-electron chi connectivity index (χ2n) is 14.5. The molecule has 0 spiro atoms. The van der Waals surface area contributed by atoms with E-state index in [1.54, 1.807) is 0 Å². The number of rotatable bonds is 37. The van der Waals surface area contributed by atoms with Gasteiger partial charge in [0.1, 0.15) is 0 Å². The minimum atomic E-state index is -0.0724. The summed E-state index contributed by atoms with van der Waals surface area (Å²) in [5, 5.41) is 0. The van der Waals surface area contributed by atoms with Crippen molar-refractivity contribution in [1.82, 2.24) is 0 Å². The Hall–Kier alpha value is -1.06. The van der Waals surface area contributed by atoms with Crippen molar-refractivity contribution in [3.8, 4) is 0 Å². The van der Waals surface area contributed by atoms with Crippen LogP contribution in [-0.2, 0) is 19.1 Å². The van der Waals surface area contributed by atoms with Crippen molar-refractivity contribution in [2.24, 2.45) is 11.8 Å². The van der Waals surface area contributed by atoms with Gasteiger partial charge in [-0.2, -0.15) is 0 Å². The second-order valence-corrected chi connectivity index (χ2v) is 14.5. The molecule has 0 aliphatic heterocycles. The maximum atomic E-state index is 12.1. The van der Waals surface area contributed by atoms with Crippen molar-refractivity contribution in [3.05, 3.63) is 0 Å². The van der Waals surface area contributed by atoms with Crippen LogP contribution >= 0.6 is 0 Å². The molecule has 0 saturated heterocycles. The lowest BCUT2D eigenvalue weighted by atomic mass is 9.89. The van der Waals surface area contributed by atoms with Crippen molar-refractivity contribution >= 4 is 11.9 Å². The van der Waals surface area contributed by atoms with Crippen molar-refractivity contribution < 1.29 is 19.1 Å². The van der Waals surface area contributed by atoms with E-state index in [0.29, 0.717) is 26.1 Å². The minimum absolute atomic E-state index is 0.0724. The number of unbranched alkanes of at least 4 members (excludes halogenated alkanes) is 17. The largest absolute Gasteiger partial charge is 0.466 e. The van der Waals surface area contributed by atoms with Gasteiger partial charge in [0.2, 0.25) is 0 Å². The Morgan fingerprint density at radius 3 is 0.870 bits per heavy atom. The Morgan fingerprint density at radius 1 is 0.348 bits per heavy atom. The van der Waals surface area contributed by atoms with E-state index in [1.165, 1.54) is 154 Å². The van der Waals surface area contributed by atoms with E-state index in [1.807, 2.05) is 0 Å². The predicted octanol–water partition coefficient (Wildman–Crippen LogP) is 13.9. The lowest BCUT2D eigenvalue weighted by Gasteiger charge is -2.17. The number of carbonyl (C=O) groups is 2. The fraction of sp³-hybridized carbons (Fsp3) is 0.952. The Bertz CT molecular complexity index is 555. The van der Waals surface area contributed by atoms with Gasteiger partial charge < -0.3 is 9.47 Å². The summed E-state index contributed by atoms with van der Waals surface area (Å²) < 4.78 is 10.9. The molecule has 4 heteroatoms. The zero-order chi connectivity index (χ0) is 33.8. The highest BCUT2D eigenvalue weighted by molar-refractivity contribution is 5.69. The maximum absolute atomic E-state index is 12.1. The molecule has 0 N–H and O–H groups in total. The Morgan fingerprint density at radius 2 is 0.609 bits per heavy atom. The quantitative estimate of drug-likeness (QED) is 0.0496. The first-order valence-corrected chi connectivity index (χ1v) is 20.9. The minimum Gasteiger partial charge on any atom is -0.466 e. The first kappa shape index (κ1) is 44.9.